The van der Waals surface area contributed by atoms with E-state index in [1.165, 1.54) is 37.8 Å². The lowest BCUT2D eigenvalue weighted by Crippen LogP contribution is -2.58. The lowest BCUT2D eigenvalue weighted by atomic mass is 10.1. The number of likely N-dealkylation sites (tertiary alicyclic amines) is 4. The number of hydrogen-bond acceptors (Lipinski definition) is 20. The molecule has 95 heavy (non-hydrogen) atoms. The van der Waals surface area contributed by atoms with Crippen LogP contribution in [0, 0.1) is 26.0 Å². The first-order valence-corrected chi connectivity index (χ1v) is 31.5. The van der Waals surface area contributed by atoms with Crippen LogP contribution in [0.1, 0.15) is 117 Å². The van der Waals surface area contributed by atoms with E-state index < -0.39 is 43.8 Å². The molecule has 28 nitrogen and oxygen atoms in total. The fourth-order valence-corrected chi connectivity index (χ4v) is 8.70. The molecule has 1 aromatic heterocycles. The molecule has 0 saturated carbocycles. The van der Waals surface area contributed by atoms with E-state index in [0.29, 0.717) is 58.0 Å². The van der Waals surface area contributed by atoms with Gasteiger partial charge in [-0.15, -0.1) is 0 Å². The maximum absolute atomic E-state index is 12.4. The van der Waals surface area contributed by atoms with Crippen molar-refractivity contribution >= 4 is 63.8 Å². The van der Waals surface area contributed by atoms with Crippen molar-refractivity contribution in [2.75, 3.05) is 102 Å². The third-order valence-electron chi connectivity index (χ3n) is 13.3. The molecule has 29 heteroatoms. The summed E-state index contributed by atoms with van der Waals surface area (Å²) in [5, 5.41) is 41.9. The highest BCUT2D eigenvalue weighted by Crippen LogP contribution is 2.29. The van der Waals surface area contributed by atoms with E-state index in [2.05, 4.69) is 41.3 Å². The van der Waals surface area contributed by atoms with E-state index in [1.807, 2.05) is 132 Å². The maximum Gasteiger partial charge on any atom is 0.410 e. The van der Waals surface area contributed by atoms with Crippen molar-refractivity contribution in [3.8, 4) is 0 Å². The lowest BCUT2D eigenvalue weighted by molar-refractivity contribution is -0.387. The number of H-pyrrole nitrogens is 1. The number of halogens is 1. The number of nitrogens with two attached hydrogens (primary N) is 2. The van der Waals surface area contributed by atoms with Gasteiger partial charge in [0.1, 0.15) is 28.1 Å². The number of rotatable bonds is 10. The number of imidazole rings is 1. The third-order valence-corrected chi connectivity index (χ3v) is 13.3. The average Bonchev–Trinajstić information content (AvgIpc) is 1.66. The molecule has 0 bridgehead atoms. The Morgan fingerprint density at radius 3 is 1.26 bits per heavy atom. The summed E-state index contributed by atoms with van der Waals surface area (Å²) in [5.74, 6) is -0.799. The Hall–Kier alpha value is -8.80. The molecule has 4 amide bonds. The van der Waals surface area contributed by atoms with Crippen LogP contribution in [0.5, 0.6) is 0 Å². The Balaban J connectivity index is 0.000000395. The number of aliphatic hydroxyl groups excluding tert-OH is 2. The average molecular weight is 1340 g/mol. The number of amides is 4. The fraction of sp³-hybridized carbons (Fsp3) is 0.561. The van der Waals surface area contributed by atoms with Crippen molar-refractivity contribution in [3.05, 3.63) is 134 Å². The Morgan fingerprint density at radius 2 is 0.905 bits per heavy atom. The van der Waals surface area contributed by atoms with Gasteiger partial charge >= 0.3 is 35.8 Å². The minimum atomic E-state index is -0.799. The topological polar surface area (TPSA) is 362 Å². The van der Waals surface area contributed by atoms with Crippen molar-refractivity contribution in [3.63, 3.8) is 0 Å². The van der Waals surface area contributed by atoms with Crippen LogP contribution in [-0.4, -0.2) is 205 Å². The van der Waals surface area contributed by atoms with Crippen LogP contribution in [-0.2, 0) is 18.9 Å². The zero-order chi connectivity index (χ0) is 72.2. The molecule has 4 fully saturated rings. The molecule has 9 rings (SSSR count). The standard InChI is InChI=1S/C15H19N3O3.C14H19N3O4.C14H21N3O2.C8H16N2O2.C6H4FNO2.C6H15N.C2H6O.CH4O/c1-15(2,3)21-14(20)17-8-10(9-17)18-12-7-5-4-6-11(12)16-13(18)19;1-14(2,3)21-13(18)16-8-10(9-16)15-11-6-4-5-7-12(11)17(19)20;1-14(2,3)19-13(18)17-8-10(9-17)16-12-7-5-4-6-11(12)15;1-8(2,3)12-7(11)10-4-6(9)5-10;7-5-3-1-2-4-6(5)8(9)10;1-4-7(5-2)6-3;1-2-3;1-2/h4-7,10H,8-9H2,1-3H3,(H,16,19);4-7,10,15H,8-9H2,1-3H3;4-7,10,16H,8-9,15H2,1-3H3;6H,4-5,9H2,1-3H3;1-4H;4-6H2,1-3H3;3H,2H2,1H3;2H,1H3. The zero-order valence-corrected chi connectivity index (χ0v) is 58.3. The first kappa shape index (κ1) is 82.3. The van der Waals surface area contributed by atoms with Crippen molar-refractivity contribution in [2.45, 2.75) is 157 Å². The van der Waals surface area contributed by atoms with Gasteiger partial charge in [-0.3, -0.25) is 24.8 Å². The van der Waals surface area contributed by atoms with E-state index in [9.17, 15) is 48.6 Å². The number of hydrogen-bond donors (Lipinski definition) is 7. The highest BCUT2D eigenvalue weighted by Gasteiger charge is 2.38. The number of ether oxygens (including phenoxy) is 4. The number of fused-ring (bicyclic) bond motifs is 1. The van der Waals surface area contributed by atoms with Crippen LogP contribution < -0.4 is 27.8 Å². The molecule has 0 unspecified atom stereocenters. The van der Waals surface area contributed by atoms with Crippen molar-refractivity contribution < 1.29 is 62.6 Å². The minimum Gasteiger partial charge on any atom is -0.444 e. The number of anilines is 3. The minimum absolute atomic E-state index is 0.00108. The molecule has 5 aromatic rings. The summed E-state index contributed by atoms with van der Waals surface area (Å²) in [4.78, 5) is 90.1. The summed E-state index contributed by atoms with van der Waals surface area (Å²) in [6.45, 7) is 38.6. The largest absolute Gasteiger partial charge is 0.444 e. The molecular formula is C66H104FN13O15. The van der Waals surface area contributed by atoms with Gasteiger partial charge in [0.15, 0.2) is 0 Å². The van der Waals surface area contributed by atoms with Crippen molar-refractivity contribution in [1.82, 2.24) is 34.1 Å². The van der Waals surface area contributed by atoms with E-state index in [1.54, 1.807) is 49.3 Å². The normalized spacial score (nSPS) is 14.5. The fourth-order valence-electron chi connectivity index (χ4n) is 8.70. The summed E-state index contributed by atoms with van der Waals surface area (Å²) in [6, 6.07) is 27.0. The highest BCUT2D eigenvalue weighted by atomic mass is 19.1. The van der Waals surface area contributed by atoms with Crippen LogP contribution in [0.4, 0.5) is 52.0 Å². The van der Waals surface area contributed by atoms with Gasteiger partial charge in [0, 0.05) is 84.2 Å². The molecule has 4 aliphatic rings. The second-order valence-electron chi connectivity index (χ2n) is 26.0. The predicted octanol–water partition coefficient (Wildman–Crippen LogP) is 10.3. The number of nitrogen functional groups attached to an aromatic ring is 1. The maximum atomic E-state index is 12.4. The molecule has 5 heterocycles. The summed E-state index contributed by atoms with van der Waals surface area (Å²) < 4.78 is 35.1. The Morgan fingerprint density at radius 1 is 0.568 bits per heavy atom. The van der Waals surface area contributed by atoms with Gasteiger partial charge in [-0.2, -0.15) is 4.39 Å². The SMILES string of the molecule is CC(C)(C)OC(=O)N1CC(N)C1.CC(C)(C)OC(=O)N1CC(Nc2ccccc2N)C1.CC(C)(C)OC(=O)N1CC(Nc2ccccc2[N+](=O)[O-])C1.CC(C)(C)OC(=O)N1CC(n2c(=O)[nH]c3ccccc32)C1.CCN(CC)CC.CCO.CO.O=[N+]([O-])c1ccccc1F. The van der Waals surface area contributed by atoms with Crippen LogP contribution in [0.2, 0.25) is 0 Å². The zero-order valence-electron chi connectivity index (χ0n) is 58.3. The number of nitro benzene ring substituents is 2. The Bertz CT molecular complexity index is 3230. The number of carbonyl (C=O) groups is 4. The number of aromatic amines is 1. The number of aromatic nitrogens is 2. The van der Waals surface area contributed by atoms with Gasteiger partial charge in [-0.05, 0) is 146 Å². The number of para-hydroxylation sites is 7. The number of aliphatic hydroxyl groups is 2. The van der Waals surface area contributed by atoms with Gasteiger partial charge in [-0.25, -0.2) is 24.0 Å². The molecule has 4 aromatic carbocycles. The first-order valence-electron chi connectivity index (χ1n) is 31.5. The van der Waals surface area contributed by atoms with Gasteiger partial charge in [-0.1, -0.05) is 69.3 Å². The molecular weight excluding hydrogens is 1230 g/mol. The van der Waals surface area contributed by atoms with Crippen molar-refractivity contribution in [1.29, 1.82) is 0 Å². The molecule has 0 atom stereocenters. The van der Waals surface area contributed by atoms with Crippen LogP contribution >= 0.6 is 0 Å². The Kier molecular flexibility index (Phi) is 33.4. The monoisotopic (exact) mass is 1340 g/mol. The van der Waals surface area contributed by atoms with Crippen LogP contribution in [0.25, 0.3) is 11.0 Å². The number of benzene rings is 4. The van der Waals surface area contributed by atoms with Crippen molar-refractivity contribution in [2.24, 2.45) is 5.73 Å². The number of carbonyl (C=O) groups excluding carboxylic acids is 4. The molecule has 4 aliphatic heterocycles. The summed E-state index contributed by atoms with van der Waals surface area (Å²) in [6.07, 6.45) is -1.20. The van der Waals surface area contributed by atoms with Gasteiger partial charge in [0.05, 0.1) is 50.4 Å². The molecule has 0 spiro atoms. The van der Waals surface area contributed by atoms with Gasteiger partial charge in [0.2, 0.25) is 5.82 Å². The smallest absolute Gasteiger partial charge is 0.410 e. The van der Waals surface area contributed by atoms with E-state index >= 15 is 0 Å². The molecule has 0 aliphatic carbocycles. The number of nitrogens with one attached hydrogen (secondary N) is 3. The van der Waals surface area contributed by atoms with Gasteiger partial charge in [0.25, 0.3) is 5.69 Å². The van der Waals surface area contributed by atoms with E-state index in [-0.39, 0.29) is 66.5 Å². The van der Waals surface area contributed by atoms with E-state index in [4.69, 9.17) is 40.6 Å². The molecule has 530 valence electrons. The second kappa shape index (κ2) is 38.5. The lowest BCUT2D eigenvalue weighted by Gasteiger charge is -2.40. The highest BCUT2D eigenvalue weighted by molar-refractivity contribution is 5.76. The number of nitro groups is 2. The summed E-state index contributed by atoms with van der Waals surface area (Å²) >= 11 is 0. The second-order valence-corrected chi connectivity index (χ2v) is 26.0. The Labute approximate surface area is 557 Å². The summed E-state index contributed by atoms with van der Waals surface area (Å²) in [5.41, 5.74) is 12.7. The van der Waals surface area contributed by atoms with Crippen LogP contribution in [0.3, 0.4) is 0 Å². The van der Waals surface area contributed by atoms with Crippen LogP contribution in [0.15, 0.2) is 102 Å². The first-order chi connectivity index (χ1) is 44.3. The molecule has 9 N–H and O–H groups in total. The molecule has 0 radical (unpaired) electrons. The van der Waals surface area contributed by atoms with E-state index in [0.717, 1.165) is 41.7 Å². The van der Waals surface area contributed by atoms with Gasteiger partial charge < -0.3 is 80.7 Å². The third kappa shape index (κ3) is 29.6. The predicted molar refractivity (Wildman–Crippen MR) is 367 cm³/mol. The quantitative estimate of drug-likeness (QED) is 0.0296. The number of nitrogens with zero attached hydrogens (tertiary/aromatic N) is 8. The summed E-state index contributed by atoms with van der Waals surface area (Å²) in [7, 11) is 1.00. The molecule has 4 saturated heterocycles.